The third-order valence-corrected chi connectivity index (χ3v) is 5.34. The van der Waals surface area contributed by atoms with Gasteiger partial charge >= 0.3 is 0 Å². The van der Waals surface area contributed by atoms with E-state index in [2.05, 4.69) is 34.5 Å². The van der Waals surface area contributed by atoms with Crippen LogP contribution in [0.5, 0.6) is 11.5 Å². The smallest absolute Gasteiger partial charge is 0.234 e. The molecule has 0 bridgehead atoms. The van der Waals surface area contributed by atoms with E-state index in [1.807, 2.05) is 24.3 Å². The number of fused-ring (bicyclic) bond motifs is 1. The molecule has 0 radical (unpaired) electrons. The molecule has 0 aliphatic carbocycles. The fourth-order valence-electron chi connectivity index (χ4n) is 3.92. The molecule has 27 heavy (non-hydrogen) atoms. The molecule has 1 fully saturated rings. The highest BCUT2D eigenvalue weighted by Crippen LogP contribution is 2.33. The second-order valence-electron chi connectivity index (χ2n) is 7.17. The van der Waals surface area contributed by atoms with Crippen LogP contribution in [-0.4, -0.2) is 43.8 Å². The average molecular weight is 367 g/mol. The van der Waals surface area contributed by atoms with Crippen molar-refractivity contribution in [3.8, 4) is 11.5 Å². The van der Waals surface area contributed by atoms with Crippen molar-refractivity contribution >= 4 is 5.91 Å². The van der Waals surface area contributed by atoms with Crippen LogP contribution in [0.1, 0.15) is 17.0 Å². The highest BCUT2D eigenvalue weighted by atomic mass is 16.7. The number of carbonyl (C=O) groups excluding carboxylic acids is 1. The van der Waals surface area contributed by atoms with E-state index < -0.39 is 0 Å². The lowest BCUT2D eigenvalue weighted by molar-refractivity contribution is -0.122. The Balaban J connectivity index is 1.30. The van der Waals surface area contributed by atoms with Gasteiger partial charge in [-0.2, -0.15) is 0 Å². The molecule has 3 N–H and O–H groups in total. The van der Waals surface area contributed by atoms with Gasteiger partial charge < -0.3 is 20.5 Å². The van der Waals surface area contributed by atoms with Crippen LogP contribution in [0.15, 0.2) is 48.5 Å². The summed E-state index contributed by atoms with van der Waals surface area (Å²) in [6.07, 6.45) is 0. The first-order chi connectivity index (χ1) is 13.2. The standard InChI is InChI=1S/C21H25N3O3/c22-9-17-11-24(12-18(17)16-4-2-1-3-5-16)13-21(25)23-10-15-6-7-19-20(8-15)27-14-26-19/h1-8,17-18H,9-14,22H2,(H,23,25)/t17-,18+/m1/s1. The van der Waals surface area contributed by atoms with E-state index in [1.165, 1.54) is 5.56 Å². The number of nitrogens with zero attached hydrogens (tertiary/aromatic N) is 1. The number of nitrogens with two attached hydrogens (primary N) is 1. The van der Waals surface area contributed by atoms with E-state index in [0.717, 1.165) is 30.2 Å². The Morgan fingerprint density at radius 1 is 1.11 bits per heavy atom. The maximum atomic E-state index is 12.4. The summed E-state index contributed by atoms with van der Waals surface area (Å²) in [5.74, 6) is 2.28. The predicted octanol–water partition coefficient (Wildman–Crippen LogP) is 1.71. The fraction of sp³-hybridized carbons (Fsp3) is 0.381. The molecule has 6 heteroatoms. The lowest BCUT2D eigenvalue weighted by atomic mass is 9.89. The molecule has 2 atom stereocenters. The maximum Gasteiger partial charge on any atom is 0.234 e. The van der Waals surface area contributed by atoms with Crippen molar-refractivity contribution in [2.24, 2.45) is 11.7 Å². The molecule has 2 heterocycles. The van der Waals surface area contributed by atoms with Crippen LogP contribution in [-0.2, 0) is 11.3 Å². The summed E-state index contributed by atoms with van der Waals surface area (Å²) in [5, 5.41) is 3.00. The highest BCUT2D eigenvalue weighted by Gasteiger charge is 2.33. The minimum absolute atomic E-state index is 0.0251. The SMILES string of the molecule is NC[C@@H]1CN(CC(=O)NCc2ccc3c(c2)OCO3)C[C@H]1c1ccccc1. The largest absolute Gasteiger partial charge is 0.454 e. The van der Waals surface area contributed by atoms with Crippen molar-refractivity contribution < 1.29 is 14.3 Å². The summed E-state index contributed by atoms with van der Waals surface area (Å²) in [5.41, 5.74) is 8.28. The van der Waals surface area contributed by atoms with Crippen molar-refractivity contribution in [3.05, 3.63) is 59.7 Å². The van der Waals surface area contributed by atoms with Gasteiger partial charge in [-0.05, 0) is 35.7 Å². The molecule has 142 valence electrons. The molecule has 0 saturated carbocycles. The Kier molecular flexibility index (Phi) is 5.27. The normalized spacial score (nSPS) is 21.4. The van der Waals surface area contributed by atoms with Gasteiger partial charge in [0.2, 0.25) is 12.7 Å². The minimum Gasteiger partial charge on any atom is -0.454 e. The van der Waals surface area contributed by atoms with Crippen LogP contribution in [0.25, 0.3) is 0 Å². The van der Waals surface area contributed by atoms with Crippen molar-refractivity contribution in [1.29, 1.82) is 0 Å². The van der Waals surface area contributed by atoms with Crippen LogP contribution in [0, 0.1) is 5.92 Å². The molecular formula is C21H25N3O3. The Morgan fingerprint density at radius 2 is 1.93 bits per heavy atom. The molecular weight excluding hydrogens is 342 g/mol. The van der Waals surface area contributed by atoms with Gasteiger partial charge in [-0.1, -0.05) is 36.4 Å². The zero-order valence-corrected chi connectivity index (χ0v) is 15.3. The van der Waals surface area contributed by atoms with Crippen LogP contribution in [0.3, 0.4) is 0 Å². The number of carbonyl (C=O) groups is 1. The monoisotopic (exact) mass is 367 g/mol. The molecule has 6 nitrogen and oxygen atoms in total. The van der Waals surface area contributed by atoms with E-state index in [4.69, 9.17) is 15.2 Å². The third-order valence-electron chi connectivity index (χ3n) is 5.34. The first-order valence-corrected chi connectivity index (χ1v) is 9.35. The predicted molar refractivity (Wildman–Crippen MR) is 103 cm³/mol. The first kappa shape index (κ1) is 17.8. The minimum atomic E-state index is 0.0251. The quantitative estimate of drug-likeness (QED) is 0.813. The van der Waals surface area contributed by atoms with Crippen molar-refractivity contribution in [2.45, 2.75) is 12.5 Å². The molecule has 0 unspecified atom stereocenters. The van der Waals surface area contributed by atoms with Gasteiger partial charge in [0.05, 0.1) is 6.54 Å². The average Bonchev–Trinajstić information content (AvgIpc) is 3.33. The second-order valence-corrected chi connectivity index (χ2v) is 7.17. The molecule has 1 amide bonds. The Morgan fingerprint density at radius 3 is 2.74 bits per heavy atom. The van der Waals surface area contributed by atoms with Crippen molar-refractivity contribution in [2.75, 3.05) is 33.0 Å². The number of likely N-dealkylation sites (tertiary alicyclic amines) is 1. The molecule has 2 aliphatic rings. The third kappa shape index (κ3) is 4.07. The van der Waals surface area contributed by atoms with Crippen molar-refractivity contribution in [3.63, 3.8) is 0 Å². The maximum absolute atomic E-state index is 12.4. The summed E-state index contributed by atoms with van der Waals surface area (Å²) >= 11 is 0. The van der Waals surface area contributed by atoms with E-state index >= 15 is 0 Å². The lowest BCUT2D eigenvalue weighted by Crippen LogP contribution is -2.36. The zero-order chi connectivity index (χ0) is 18.6. The fourth-order valence-corrected chi connectivity index (χ4v) is 3.92. The lowest BCUT2D eigenvalue weighted by Gasteiger charge is -2.16. The first-order valence-electron chi connectivity index (χ1n) is 9.35. The molecule has 2 aromatic carbocycles. The summed E-state index contributed by atoms with van der Waals surface area (Å²) in [7, 11) is 0. The topological polar surface area (TPSA) is 76.8 Å². The van der Waals surface area contributed by atoms with Crippen LogP contribution < -0.4 is 20.5 Å². The molecule has 0 spiro atoms. The van der Waals surface area contributed by atoms with Gasteiger partial charge in [0.15, 0.2) is 11.5 Å². The number of hydrogen-bond acceptors (Lipinski definition) is 5. The Labute approximate surface area is 159 Å². The van der Waals surface area contributed by atoms with Gasteiger partial charge in [0.25, 0.3) is 0 Å². The van der Waals surface area contributed by atoms with E-state index in [-0.39, 0.29) is 12.7 Å². The second kappa shape index (κ2) is 7.98. The number of ether oxygens (including phenoxy) is 2. The summed E-state index contributed by atoms with van der Waals surface area (Å²) < 4.78 is 10.7. The summed E-state index contributed by atoms with van der Waals surface area (Å²) in [6, 6.07) is 16.2. The number of hydrogen-bond donors (Lipinski definition) is 2. The number of rotatable bonds is 6. The van der Waals surface area contributed by atoms with E-state index in [1.54, 1.807) is 0 Å². The Hall–Kier alpha value is -2.57. The van der Waals surface area contributed by atoms with Crippen molar-refractivity contribution in [1.82, 2.24) is 10.2 Å². The molecule has 4 rings (SSSR count). The van der Waals surface area contributed by atoms with Gasteiger partial charge in [-0.25, -0.2) is 0 Å². The van der Waals surface area contributed by atoms with E-state index in [9.17, 15) is 4.79 Å². The van der Waals surface area contributed by atoms with Crippen LogP contribution >= 0.6 is 0 Å². The van der Waals surface area contributed by atoms with E-state index in [0.29, 0.717) is 31.5 Å². The van der Waals surface area contributed by atoms with Gasteiger partial charge in [-0.15, -0.1) is 0 Å². The highest BCUT2D eigenvalue weighted by molar-refractivity contribution is 5.78. The molecule has 2 aromatic rings. The number of amides is 1. The van der Waals surface area contributed by atoms with Crippen LogP contribution in [0.2, 0.25) is 0 Å². The number of benzene rings is 2. The summed E-state index contributed by atoms with van der Waals surface area (Å²) in [6.45, 7) is 3.48. The van der Waals surface area contributed by atoms with Gasteiger partial charge in [0.1, 0.15) is 0 Å². The molecule has 0 aromatic heterocycles. The summed E-state index contributed by atoms with van der Waals surface area (Å²) in [4.78, 5) is 14.6. The zero-order valence-electron chi connectivity index (χ0n) is 15.3. The van der Waals surface area contributed by atoms with Gasteiger partial charge in [-0.3, -0.25) is 9.69 Å². The molecule has 1 saturated heterocycles. The Bertz CT molecular complexity index is 797. The van der Waals surface area contributed by atoms with Crippen LogP contribution in [0.4, 0.5) is 0 Å². The van der Waals surface area contributed by atoms with Gasteiger partial charge in [0, 0.05) is 25.6 Å². The number of nitrogens with one attached hydrogen (secondary N) is 1. The molecule has 2 aliphatic heterocycles.